The second-order valence-corrected chi connectivity index (χ2v) is 7.61. The molecule has 1 aliphatic rings. The predicted octanol–water partition coefficient (Wildman–Crippen LogP) is 3.25. The fraction of sp³-hybridized carbons (Fsp3) is 0.381. The summed E-state index contributed by atoms with van der Waals surface area (Å²) in [6.07, 6.45) is 6.29. The van der Waals surface area contributed by atoms with Crippen LogP contribution in [0.2, 0.25) is 0 Å². The van der Waals surface area contributed by atoms with Gasteiger partial charge in [-0.3, -0.25) is 14.7 Å². The Morgan fingerprint density at radius 2 is 2.00 bits per heavy atom. The molecule has 0 saturated heterocycles. The van der Waals surface area contributed by atoms with E-state index in [0.29, 0.717) is 22.4 Å². The van der Waals surface area contributed by atoms with Gasteiger partial charge in [0.1, 0.15) is 23.2 Å². The number of rotatable bonds is 5. The number of amides is 2. The van der Waals surface area contributed by atoms with Crippen LogP contribution in [0.5, 0.6) is 0 Å². The van der Waals surface area contributed by atoms with Crippen molar-refractivity contribution < 1.29 is 14.0 Å². The lowest BCUT2D eigenvalue weighted by atomic mass is 9.89. The van der Waals surface area contributed by atoms with Crippen molar-refractivity contribution in [1.82, 2.24) is 25.5 Å². The fourth-order valence-corrected chi connectivity index (χ4v) is 3.76. The van der Waals surface area contributed by atoms with E-state index in [1.807, 2.05) is 0 Å². The zero-order valence-electron chi connectivity index (χ0n) is 16.7. The number of anilines is 1. The van der Waals surface area contributed by atoms with Crippen LogP contribution in [0, 0.1) is 18.7 Å². The second kappa shape index (κ2) is 8.56. The number of aromatic nitrogens is 4. The topological polar surface area (TPSA) is 113 Å². The lowest BCUT2D eigenvalue weighted by Crippen LogP contribution is -2.25. The highest BCUT2D eigenvalue weighted by atomic mass is 19.1. The van der Waals surface area contributed by atoms with Crippen molar-refractivity contribution in [2.45, 2.75) is 45.6 Å². The number of benzene rings is 1. The molecule has 0 spiro atoms. The summed E-state index contributed by atoms with van der Waals surface area (Å²) in [6, 6.07) is 4.67. The molecular weight excluding hydrogens is 387 g/mol. The first-order chi connectivity index (χ1) is 14.5. The normalized spacial score (nSPS) is 14.6. The Hall–Kier alpha value is -3.36. The van der Waals surface area contributed by atoms with Crippen LogP contribution in [0.15, 0.2) is 24.5 Å². The molecule has 156 valence electrons. The van der Waals surface area contributed by atoms with Gasteiger partial charge in [0.2, 0.25) is 5.91 Å². The summed E-state index contributed by atoms with van der Waals surface area (Å²) in [5, 5.41) is 12.5. The largest absolute Gasteiger partial charge is 0.347 e. The zero-order valence-corrected chi connectivity index (χ0v) is 16.7. The number of H-pyrrole nitrogens is 1. The van der Waals surface area contributed by atoms with Gasteiger partial charge in [0.25, 0.3) is 5.91 Å². The lowest BCUT2D eigenvalue weighted by molar-refractivity contribution is -0.120. The molecule has 0 radical (unpaired) electrons. The van der Waals surface area contributed by atoms with Gasteiger partial charge in [-0.1, -0.05) is 31.4 Å². The molecule has 1 aliphatic carbocycles. The number of aromatic amines is 1. The fourth-order valence-electron chi connectivity index (χ4n) is 3.76. The van der Waals surface area contributed by atoms with Crippen LogP contribution >= 0.6 is 0 Å². The molecule has 8 nitrogen and oxygen atoms in total. The summed E-state index contributed by atoms with van der Waals surface area (Å²) in [7, 11) is 0. The molecule has 3 N–H and O–H groups in total. The van der Waals surface area contributed by atoms with Gasteiger partial charge in [-0.25, -0.2) is 14.4 Å². The van der Waals surface area contributed by atoms with Crippen LogP contribution < -0.4 is 10.6 Å². The molecule has 30 heavy (non-hydrogen) atoms. The average Bonchev–Trinajstić information content (AvgIpc) is 3.18. The van der Waals surface area contributed by atoms with Gasteiger partial charge in [0.15, 0.2) is 11.5 Å². The molecule has 0 unspecified atom stereocenters. The molecule has 0 aliphatic heterocycles. The summed E-state index contributed by atoms with van der Waals surface area (Å²) in [6.45, 7) is 1.90. The molecule has 0 bridgehead atoms. The summed E-state index contributed by atoms with van der Waals surface area (Å²) < 4.78 is 13.4. The number of carbonyl (C=O) groups is 2. The number of hydrogen-bond acceptors (Lipinski definition) is 5. The molecule has 1 aromatic carbocycles. The maximum Gasteiger partial charge on any atom is 0.272 e. The van der Waals surface area contributed by atoms with Gasteiger partial charge >= 0.3 is 0 Å². The Bertz CT molecular complexity index is 1090. The molecule has 2 heterocycles. The molecule has 2 aromatic heterocycles. The number of nitrogens with one attached hydrogen (secondary N) is 3. The van der Waals surface area contributed by atoms with E-state index in [9.17, 15) is 14.0 Å². The Balaban J connectivity index is 1.48. The van der Waals surface area contributed by atoms with Gasteiger partial charge in [-0.15, -0.1) is 0 Å². The Kier molecular flexibility index (Phi) is 5.69. The van der Waals surface area contributed by atoms with Crippen molar-refractivity contribution in [1.29, 1.82) is 0 Å². The van der Waals surface area contributed by atoms with Crippen LogP contribution in [0.25, 0.3) is 11.0 Å². The first-order valence-corrected chi connectivity index (χ1v) is 10.1. The average molecular weight is 410 g/mol. The molecule has 1 saturated carbocycles. The van der Waals surface area contributed by atoms with Gasteiger partial charge < -0.3 is 10.6 Å². The number of carbonyl (C=O) groups excluding carboxylic acids is 2. The SMILES string of the molecule is Cc1cc(CNC(=O)c2ncnc3c(NC(=O)C4CCCCC4)n[nH]c23)ccc1F. The lowest BCUT2D eigenvalue weighted by Gasteiger charge is -2.19. The minimum atomic E-state index is -0.418. The zero-order chi connectivity index (χ0) is 21.1. The highest BCUT2D eigenvalue weighted by Crippen LogP contribution is 2.26. The van der Waals surface area contributed by atoms with Crippen LogP contribution in [0.4, 0.5) is 10.2 Å². The first kappa shape index (κ1) is 19.9. The highest BCUT2D eigenvalue weighted by molar-refractivity contribution is 6.06. The smallest absolute Gasteiger partial charge is 0.272 e. The first-order valence-electron chi connectivity index (χ1n) is 10.1. The van der Waals surface area contributed by atoms with E-state index in [1.54, 1.807) is 19.1 Å². The van der Waals surface area contributed by atoms with Crippen LogP contribution in [0.1, 0.15) is 53.7 Å². The van der Waals surface area contributed by atoms with E-state index in [-0.39, 0.29) is 29.9 Å². The third kappa shape index (κ3) is 4.14. The van der Waals surface area contributed by atoms with Crippen molar-refractivity contribution in [2.75, 3.05) is 5.32 Å². The van der Waals surface area contributed by atoms with Gasteiger partial charge in [0, 0.05) is 12.5 Å². The van der Waals surface area contributed by atoms with Gasteiger partial charge in [-0.05, 0) is 37.0 Å². The van der Waals surface area contributed by atoms with Crippen molar-refractivity contribution >= 4 is 28.7 Å². The summed E-state index contributed by atoms with van der Waals surface area (Å²) in [4.78, 5) is 33.4. The monoisotopic (exact) mass is 410 g/mol. The molecular formula is C21H23FN6O2. The van der Waals surface area contributed by atoms with Crippen molar-refractivity contribution in [3.8, 4) is 0 Å². The third-order valence-corrected chi connectivity index (χ3v) is 5.46. The molecule has 2 amide bonds. The van der Waals surface area contributed by atoms with Crippen LogP contribution in [-0.2, 0) is 11.3 Å². The van der Waals surface area contributed by atoms with Crippen molar-refractivity contribution in [3.05, 3.63) is 47.2 Å². The van der Waals surface area contributed by atoms with Gasteiger partial charge in [0.05, 0.1) is 0 Å². The maximum absolute atomic E-state index is 13.4. The van der Waals surface area contributed by atoms with E-state index in [4.69, 9.17) is 0 Å². The molecule has 1 fully saturated rings. The van der Waals surface area contributed by atoms with Gasteiger partial charge in [-0.2, -0.15) is 5.10 Å². The Morgan fingerprint density at radius 3 is 2.77 bits per heavy atom. The summed E-state index contributed by atoms with van der Waals surface area (Å²) in [5.41, 5.74) is 2.15. The number of fused-ring (bicyclic) bond motifs is 1. The van der Waals surface area contributed by atoms with E-state index in [0.717, 1.165) is 37.7 Å². The molecule has 0 atom stereocenters. The number of aryl methyl sites for hydroxylation is 1. The Morgan fingerprint density at radius 1 is 1.20 bits per heavy atom. The Labute approximate surface area is 172 Å². The van der Waals surface area contributed by atoms with Crippen LogP contribution in [0.3, 0.4) is 0 Å². The quantitative estimate of drug-likeness (QED) is 0.598. The number of hydrogen-bond donors (Lipinski definition) is 3. The highest BCUT2D eigenvalue weighted by Gasteiger charge is 2.24. The third-order valence-electron chi connectivity index (χ3n) is 5.46. The summed E-state index contributed by atoms with van der Waals surface area (Å²) >= 11 is 0. The minimum absolute atomic E-state index is 0.0192. The molecule has 3 aromatic rings. The van der Waals surface area contributed by atoms with Crippen LogP contribution in [-0.4, -0.2) is 32.0 Å². The van der Waals surface area contributed by atoms with E-state index >= 15 is 0 Å². The van der Waals surface area contributed by atoms with Crippen molar-refractivity contribution in [2.24, 2.45) is 5.92 Å². The van der Waals surface area contributed by atoms with E-state index in [1.165, 1.54) is 12.4 Å². The molecule has 4 rings (SSSR count). The molecule has 9 heteroatoms. The minimum Gasteiger partial charge on any atom is -0.347 e. The second-order valence-electron chi connectivity index (χ2n) is 7.61. The summed E-state index contributed by atoms with van der Waals surface area (Å²) in [5.74, 6) is -0.499. The number of nitrogens with zero attached hydrogens (tertiary/aromatic N) is 3. The number of halogens is 1. The van der Waals surface area contributed by atoms with E-state index in [2.05, 4.69) is 30.8 Å². The maximum atomic E-state index is 13.4. The van der Waals surface area contributed by atoms with Crippen molar-refractivity contribution in [3.63, 3.8) is 0 Å². The standard InChI is InChI=1S/C21H23FN6O2/c1-12-9-13(7-8-15(12)22)10-23-21(30)18-16-17(24-11-25-18)19(28-27-16)26-20(29)14-5-3-2-4-6-14/h7-9,11,14H,2-6,10H2,1H3,(H,23,30)(H2,26,27,28,29). The predicted molar refractivity (Wildman–Crippen MR) is 109 cm³/mol. The van der Waals surface area contributed by atoms with E-state index < -0.39 is 5.91 Å².